The van der Waals surface area contributed by atoms with E-state index in [0.717, 1.165) is 47.1 Å². The maximum Gasteiger partial charge on any atom is 0.173 e. The van der Waals surface area contributed by atoms with Crippen molar-refractivity contribution in [1.29, 1.82) is 0 Å². The molecule has 0 aromatic heterocycles. The topological polar surface area (TPSA) is 46.5 Å². The summed E-state index contributed by atoms with van der Waals surface area (Å²) in [5.74, 6) is -0.170. The van der Waals surface area contributed by atoms with Gasteiger partial charge in [0.1, 0.15) is 5.76 Å². The van der Waals surface area contributed by atoms with Crippen LogP contribution in [0.5, 0.6) is 0 Å². The zero-order valence-corrected chi connectivity index (χ0v) is 19.8. The van der Waals surface area contributed by atoms with Crippen molar-refractivity contribution in [1.82, 2.24) is 0 Å². The number of aliphatic hydroxyl groups excluding tert-OH is 1. The number of allylic oxidation sites excluding steroid dienone is 2. The van der Waals surface area contributed by atoms with E-state index < -0.39 is 5.60 Å². The van der Waals surface area contributed by atoms with E-state index >= 15 is 0 Å². The summed E-state index contributed by atoms with van der Waals surface area (Å²) < 4.78 is 6.33. The van der Waals surface area contributed by atoms with Crippen molar-refractivity contribution in [2.45, 2.75) is 71.5 Å². The van der Waals surface area contributed by atoms with E-state index in [1.54, 1.807) is 0 Å². The zero-order chi connectivity index (χ0) is 22.6. The van der Waals surface area contributed by atoms with E-state index in [4.69, 9.17) is 16.3 Å². The van der Waals surface area contributed by atoms with E-state index in [0.29, 0.717) is 17.0 Å². The number of carbonyl (C=O) groups excluding carboxylic acids is 1. The first-order valence-corrected chi connectivity index (χ1v) is 11.5. The number of aryl methyl sites for hydroxylation is 2. The number of Topliss-reactive ketones (excluding diaryl/α,β-unsaturated/α-hetero) is 1. The number of hydrogen-bond donors (Lipinski definition) is 1. The maximum absolute atomic E-state index is 13.6. The van der Waals surface area contributed by atoms with E-state index in [1.807, 2.05) is 38.1 Å². The fourth-order valence-electron chi connectivity index (χ4n) is 5.25. The van der Waals surface area contributed by atoms with Crippen molar-refractivity contribution in [2.75, 3.05) is 0 Å². The number of ketones is 1. The SMILES string of the molecule is CCc1ccc(-c2ccc(Cl)cc2C)cc1C1=C(O)C[C@H]([C@]2(C)CCC(C)(C)O2)C1=O. The number of hydrogen-bond acceptors (Lipinski definition) is 3. The lowest BCUT2D eigenvalue weighted by Crippen LogP contribution is -2.39. The highest BCUT2D eigenvalue weighted by molar-refractivity contribution is 6.30. The van der Waals surface area contributed by atoms with Crippen LogP contribution in [-0.2, 0) is 16.0 Å². The predicted molar refractivity (Wildman–Crippen MR) is 126 cm³/mol. The summed E-state index contributed by atoms with van der Waals surface area (Å²) in [4.78, 5) is 13.6. The van der Waals surface area contributed by atoms with Crippen LogP contribution >= 0.6 is 11.6 Å². The number of benzene rings is 2. The molecule has 0 radical (unpaired) electrons. The molecule has 1 heterocycles. The highest BCUT2D eigenvalue weighted by atomic mass is 35.5. The van der Waals surface area contributed by atoms with Gasteiger partial charge in [-0.3, -0.25) is 4.79 Å². The van der Waals surface area contributed by atoms with Gasteiger partial charge >= 0.3 is 0 Å². The molecule has 31 heavy (non-hydrogen) atoms. The Morgan fingerprint density at radius 1 is 1.10 bits per heavy atom. The Balaban J connectivity index is 1.75. The van der Waals surface area contributed by atoms with Crippen molar-refractivity contribution in [3.63, 3.8) is 0 Å². The van der Waals surface area contributed by atoms with Crippen molar-refractivity contribution < 1.29 is 14.6 Å². The third-order valence-corrected chi connectivity index (χ3v) is 7.21. The van der Waals surface area contributed by atoms with Crippen LogP contribution in [0, 0.1) is 12.8 Å². The van der Waals surface area contributed by atoms with Gasteiger partial charge in [0, 0.05) is 11.4 Å². The summed E-state index contributed by atoms with van der Waals surface area (Å²) in [5, 5.41) is 11.6. The minimum Gasteiger partial charge on any atom is -0.512 e. The molecule has 0 unspecified atom stereocenters. The van der Waals surface area contributed by atoms with Gasteiger partial charge in [0.05, 0.1) is 22.7 Å². The van der Waals surface area contributed by atoms with Crippen molar-refractivity contribution in [3.05, 3.63) is 63.9 Å². The molecule has 2 aliphatic rings. The molecule has 3 nitrogen and oxygen atoms in total. The molecule has 4 heteroatoms. The third kappa shape index (κ3) is 3.94. The van der Waals surface area contributed by atoms with Crippen molar-refractivity contribution >= 4 is 23.0 Å². The maximum atomic E-state index is 13.6. The van der Waals surface area contributed by atoms with E-state index in [1.165, 1.54) is 0 Å². The fourth-order valence-corrected chi connectivity index (χ4v) is 5.48. The Labute approximate surface area is 190 Å². The van der Waals surface area contributed by atoms with E-state index in [-0.39, 0.29) is 23.1 Å². The summed E-state index contributed by atoms with van der Waals surface area (Å²) in [5.41, 5.74) is 4.73. The first-order chi connectivity index (χ1) is 14.5. The number of carbonyl (C=O) groups is 1. The van der Waals surface area contributed by atoms with Crippen LogP contribution in [0.25, 0.3) is 16.7 Å². The average molecular weight is 439 g/mol. The molecule has 1 aliphatic heterocycles. The number of aliphatic hydroxyl groups is 1. The molecule has 2 aromatic carbocycles. The standard InChI is InChI=1S/C27H31ClO3/c1-6-17-7-8-18(20-10-9-19(28)13-16(20)2)14-21(17)24-23(29)15-22(25(24)30)27(5)12-11-26(3,4)31-27/h7-10,13-14,22,29H,6,11-12,15H2,1-5H3/t22-,27-/m0/s1. The molecule has 0 bridgehead atoms. The Kier molecular flexibility index (Phi) is 5.56. The Morgan fingerprint density at radius 2 is 1.84 bits per heavy atom. The molecule has 1 aliphatic carbocycles. The Bertz CT molecular complexity index is 1080. The van der Waals surface area contributed by atoms with Crippen LogP contribution < -0.4 is 0 Å². The first-order valence-electron chi connectivity index (χ1n) is 11.1. The number of halogens is 1. The minimum atomic E-state index is -0.549. The second-order valence-electron chi connectivity index (χ2n) is 9.80. The van der Waals surface area contributed by atoms with E-state index in [2.05, 4.69) is 32.9 Å². The van der Waals surface area contributed by atoms with Gasteiger partial charge in [0.15, 0.2) is 5.78 Å². The van der Waals surface area contributed by atoms with Crippen LogP contribution in [0.4, 0.5) is 0 Å². The van der Waals surface area contributed by atoms with Gasteiger partial charge in [0.25, 0.3) is 0 Å². The summed E-state index contributed by atoms with van der Waals surface area (Å²) in [6.07, 6.45) is 2.86. The van der Waals surface area contributed by atoms with Crippen LogP contribution in [0.2, 0.25) is 5.02 Å². The molecule has 1 N–H and O–H groups in total. The summed E-state index contributed by atoms with van der Waals surface area (Å²) in [6, 6.07) is 12.0. The molecule has 164 valence electrons. The van der Waals surface area contributed by atoms with Gasteiger partial charge in [-0.05, 0) is 93.0 Å². The predicted octanol–water partition coefficient (Wildman–Crippen LogP) is 7.08. The second-order valence-corrected chi connectivity index (χ2v) is 10.2. The van der Waals surface area contributed by atoms with Gasteiger partial charge in [-0.15, -0.1) is 0 Å². The molecule has 1 fully saturated rings. The van der Waals surface area contributed by atoms with E-state index in [9.17, 15) is 9.90 Å². The minimum absolute atomic E-state index is 0.00243. The van der Waals surface area contributed by atoms with Crippen LogP contribution in [0.15, 0.2) is 42.2 Å². The average Bonchev–Trinajstić information content (AvgIpc) is 3.16. The van der Waals surface area contributed by atoms with Crippen molar-refractivity contribution in [3.8, 4) is 11.1 Å². The van der Waals surface area contributed by atoms with Crippen LogP contribution in [0.3, 0.4) is 0 Å². The van der Waals surface area contributed by atoms with Crippen LogP contribution in [-0.4, -0.2) is 22.1 Å². The molecule has 0 saturated carbocycles. The van der Waals surface area contributed by atoms with Crippen molar-refractivity contribution in [2.24, 2.45) is 5.92 Å². The second kappa shape index (κ2) is 7.79. The molecular formula is C27H31ClO3. The lowest BCUT2D eigenvalue weighted by molar-refractivity contribution is -0.136. The molecule has 4 rings (SSSR count). The highest BCUT2D eigenvalue weighted by Crippen LogP contribution is 2.49. The van der Waals surface area contributed by atoms with Crippen LogP contribution in [0.1, 0.15) is 63.6 Å². The Hall–Kier alpha value is -2.10. The third-order valence-electron chi connectivity index (χ3n) is 6.98. The summed E-state index contributed by atoms with van der Waals surface area (Å²) >= 11 is 6.14. The van der Waals surface area contributed by atoms with Gasteiger partial charge in [-0.25, -0.2) is 0 Å². The lowest BCUT2D eigenvalue weighted by Gasteiger charge is -2.32. The first kappa shape index (κ1) is 22.1. The monoisotopic (exact) mass is 438 g/mol. The largest absolute Gasteiger partial charge is 0.512 e. The number of rotatable bonds is 4. The van der Waals surface area contributed by atoms with Gasteiger partial charge in [0.2, 0.25) is 0 Å². The lowest BCUT2D eigenvalue weighted by atomic mass is 9.81. The zero-order valence-electron chi connectivity index (χ0n) is 19.0. The molecule has 0 amide bonds. The summed E-state index contributed by atoms with van der Waals surface area (Å²) in [6.45, 7) is 10.3. The molecule has 1 saturated heterocycles. The molecule has 2 aromatic rings. The fraction of sp³-hybridized carbons (Fsp3) is 0.444. The molecule has 0 spiro atoms. The number of ether oxygens (including phenoxy) is 1. The van der Waals surface area contributed by atoms with Gasteiger partial charge < -0.3 is 9.84 Å². The Morgan fingerprint density at radius 3 is 2.45 bits per heavy atom. The quantitative estimate of drug-likeness (QED) is 0.554. The normalized spacial score (nSPS) is 25.5. The van der Waals surface area contributed by atoms with Gasteiger partial charge in [-0.1, -0.05) is 36.7 Å². The van der Waals surface area contributed by atoms with Gasteiger partial charge in [-0.2, -0.15) is 0 Å². The molecule has 2 atom stereocenters. The smallest absolute Gasteiger partial charge is 0.173 e. The highest BCUT2D eigenvalue weighted by Gasteiger charge is 2.52. The summed E-state index contributed by atoms with van der Waals surface area (Å²) in [7, 11) is 0. The molecular weight excluding hydrogens is 408 g/mol.